The van der Waals surface area contributed by atoms with Crippen molar-refractivity contribution in [1.29, 1.82) is 0 Å². The minimum atomic E-state index is -0.344. The second-order valence-corrected chi connectivity index (χ2v) is 5.03. The Kier molecular flexibility index (Phi) is 6.00. The van der Waals surface area contributed by atoms with Crippen LogP contribution in [0.5, 0.6) is 11.5 Å². The molecule has 23 heavy (non-hydrogen) atoms. The third-order valence-electron chi connectivity index (χ3n) is 2.83. The Labute approximate surface area is 139 Å². The van der Waals surface area contributed by atoms with E-state index in [0.29, 0.717) is 22.2 Å². The molecular formula is C17H16ClNO4. The van der Waals surface area contributed by atoms with Crippen LogP contribution in [0, 0.1) is 0 Å². The normalized spacial score (nSPS) is 10.0. The van der Waals surface area contributed by atoms with Gasteiger partial charge in [0.25, 0.3) is 5.91 Å². The molecule has 6 heteroatoms. The first kappa shape index (κ1) is 16.8. The smallest absolute Gasteiger partial charge is 0.310 e. The van der Waals surface area contributed by atoms with Gasteiger partial charge in [0.1, 0.15) is 11.5 Å². The molecule has 0 spiro atoms. The lowest BCUT2D eigenvalue weighted by Crippen LogP contribution is -2.20. The molecule has 1 amide bonds. The Balaban J connectivity index is 1.91. The number of rotatable bonds is 6. The summed E-state index contributed by atoms with van der Waals surface area (Å²) in [6, 6.07) is 13.5. The van der Waals surface area contributed by atoms with E-state index in [2.05, 4.69) is 5.32 Å². The third kappa shape index (κ3) is 5.30. The maximum absolute atomic E-state index is 11.9. The number of halogens is 1. The summed E-state index contributed by atoms with van der Waals surface area (Å²) in [5, 5.41) is 3.10. The lowest BCUT2D eigenvalue weighted by atomic mass is 10.3. The summed E-state index contributed by atoms with van der Waals surface area (Å²) >= 11 is 5.95. The van der Waals surface area contributed by atoms with Crippen LogP contribution in [0.15, 0.2) is 48.5 Å². The standard InChI is InChI=1S/C17H16ClNO4/c1-2-17(21)23-13-7-5-6-12(10-13)19-16(20)11-22-15-9-4-3-8-14(15)18/h3-10H,2,11H2,1H3,(H,19,20). The maximum atomic E-state index is 11.9. The third-order valence-corrected chi connectivity index (χ3v) is 3.15. The molecule has 2 rings (SSSR count). The van der Waals surface area contributed by atoms with E-state index in [-0.39, 0.29) is 24.9 Å². The van der Waals surface area contributed by atoms with Crippen molar-refractivity contribution in [2.75, 3.05) is 11.9 Å². The Hall–Kier alpha value is -2.53. The molecule has 2 aromatic rings. The molecular weight excluding hydrogens is 318 g/mol. The van der Waals surface area contributed by atoms with Crippen LogP contribution in [0.1, 0.15) is 13.3 Å². The topological polar surface area (TPSA) is 64.6 Å². The molecule has 5 nitrogen and oxygen atoms in total. The van der Waals surface area contributed by atoms with Crippen LogP contribution in [0.2, 0.25) is 5.02 Å². The van der Waals surface area contributed by atoms with Crippen LogP contribution in [-0.4, -0.2) is 18.5 Å². The fraction of sp³-hybridized carbons (Fsp3) is 0.176. The first-order valence-electron chi connectivity index (χ1n) is 7.06. The molecule has 0 radical (unpaired) electrons. The number of carbonyl (C=O) groups is 2. The van der Waals surface area contributed by atoms with E-state index in [1.807, 2.05) is 0 Å². The van der Waals surface area contributed by atoms with E-state index in [1.165, 1.54) is 0 Å². The van der Waals surface area contributed by atoms with Gasteiger partial charge in [0, 0.05) is 18.2 Å². The minimum Gasteiger partial charge on any atom is -0.482 e. The van der Waals surface area contributed by atoms with E-state index in [0.717, 1.165) is 0 Å². The fourth-order valence-corrected chi connectivity index (χ4v) is 1.93. The average Bonchev–Trinajstić information content (AvgIpc) is 2.54. The summed E-state index contributed by atoms with van der Waals surface area (Å²) in [6.07, 6.45) is 0.280. The van der Waals surface area contributed by atoms with Crippen molar-refractivity contribution in [3.05, 3.63) is 53.6 Å². The summed E-state index contributed by atoms with van der Waals surface area (Å²) in [5.41, 5.74) is 0.513. The van der Waals surface area contributed by atoms with Gasteiger partial charge in [0.15, 0.2) is 6.61 Å². The molecule has 0 aromatic heterocycles. The van der Waals surface area contributed by atoms with E-state index in [9.17, 15) is 9.59 Å². The predicted molar refractivity (Wildman–Crippen MR) is 87.9 cm³/mol. The molecule has 0 bridgehead atoms. The Morgan fingerprint density at radius 2 is 1.91 bits per heavy atom. The SMILES string of the molecule is CCC(=O)Oc1cccc(NC(=O)COc2ccccc2Cl)c1. The first-order chi connectivity index (χ1) is 11.1. The van der Waals surface area contributed by atoms with E-state index in [4.69, 9.17) is 21.1 Å². The summed E-state index contributed by atoms with van der Waals surface area (Å²) in [4.78, 5) is 23.2. The zero-order chi connectivity index (χ0) is 16.7. The van der Waals surface area contributed by atoms with E-state index >= 15 is 0 Å². The van der Waals surface area contributed by atoms with Crippen LogP contribution in [0.4, 0.5) is 5.69 Å². The molecule has 0 saturated carbocycles. The van der Waals surface area contributed by atoms with Gasteiger partial charge >= 0.3 is 5.97 Å². The van der Waals surface area contributed by atoms with Gasteiger partial charge in [-0.1, -0.05) is 36.7 Å². The van der Waals surface area contributed by atoms with Crippen molar-refractivity contribution in [3.63, 3.8) is 0 Å². The summed E-state index contributed by atoms with van der Waals surface area (Å²) in [5.74, 6) is 0.135. The Morgan fingerprint density at radius 3 is 2.65 bits per heavy atom. The number of benzene rings is 2. The van der Waals surface area contributed by atoms with Crippen molar-refractivity contribution in [2.24, 2.45) is 0 Å². The summed E-state index contributed by atoms with van der Waals surface area (Å²) in [7, 11) is 0. The fourth-order valence-electron chi connectivity index (χ4n) is 1.74. The highest BCUT2D eigenvalue weighted by atomic mass is 35.5. The molecule has 120 valence electrons. The number of esters is 1. The number of ether oxygens (including phenoxy) is 2. The number of anilines is 1. The van der Waals surface area contributed by atoms with Gasteiger partial charge in [-0.05, 0) is 24.3 Å². The van der Waals surface area contributed by atoms with E-state index in [1.54, 1.807) is 55.5 Å². The second-order valence-electron chi connectivity index (χ2n) is 4.62. The first-order valence-corrected chi connectivity index (χ1v) is 7.44. The Bertz CT molecular complexity index is 702. The molecule has 0 heterocycles. The maximum Gasteiger partial charge on any atom is 0.310 e. The summed E-state index contributed by atoms with van der Waals surface area (Å²) in [6.45, 7) is 1.53. The zero-order valence-electron chi connectivity index (χ0n) is 12.5. The van der Waals surface area contributed by atoms with Gasteiger partial charge in [-0.2, -0.15) is 0 Å². The van der Waals surface area contributed by atoms with Crippen molar-refractivity contribution >= 4 is 29.2 Å². The van der Waals surface area contributed by atoms with Crippen LogP contribution < -0.4 is 14.8 Å². The van der Waals surface area contributed by atoms with Gasteiger partial charge in [0.05, 0.1) is 5.02 Å². The van der Waals surface area contributed by atoms with Crippen LogP contribution in [0.25, 0.3) is 0 Å². The highest BCUT2D eigenvalue weighted by molar-refractivity contribution is 6.32. The molecule has 0 aliphatic heterocycles. The molecule has 0 atom stereocenters. The van der Waals surface area contributed by atoms with E-state index < -0.39 is 0 Å². The molecule has 1 N–H and O–H groups in total. The molecule has 0 aliphatic carbocycles. The summed E-state index contributed by atoms with van der Waals surface area (Å²) < 4.78 is 10.4. The van der Waals surface area contributed by atoms with Crippen molar-refractivity contribution in [1.82, 2.24) is 0 Å². The molecule has 0 fully saturated rings. The molecule has 0 unspecified atom stereocenters. The van der Waals surface area contributed by atoms with Crippen molar-refractivity contribution in [3.8, 4) is 11.5 Å². The quantitative estimate of drug-likeness (QED) is 0.647. The molecule has 0 aliphatic rings. The number of hydrogen-bond acceptors (Lipinski definition) is 4. The minimum absolute atomic E-state index is 0.178. The average molecular weight is 334 g/mol. The predicted octanol–water partition coefficient (Wildman–Crippen LogP) is 3.67. The second kappa shape index (κ2) is 8.19. The molecule has 2 aromatic carbocycles. The van der Waals surface area contributed by atoms with Crippen molar-refractivity contribution in [2.45, 2.75) is 13.3 Å². The monoisotopic (exact) mass is 333 g/mol. The molecule has 0 saturated heterocycles. The number of hydrogen-bond donors (Lipinski definition) is 1. The van der Waals surface area contributed by atoms with Crippen molar-refractivity contribution < 1.29 is 19.1 Å². The van der Waals surface area contributed by atoms with Gasteiger partial charge in [-0.3, -0.25) is 9.59 Å². The number of carbonyl (C=O) groups excluding carboxylic acids is 2. The van der Waals surface area contributed by atoms with Gasteiger partial charge in [-0.25, -0.2) is 0 Å². The largest absolute Gasteiger partial charge is 0.482 e. The number of nitrogens with one attached hydrogen (secondary N) is 1. The Morgan fingerprint density at radius 1 is 1.13 bits per heavy atom. The van der Waals surface area contributed by atoms with Crippen LogP contribution in [0.3, 0.4) is 0 Å². The van der Waals surface area contributed by atoms with Gasteiger partial charge < -0.3 is 14.8 Å². The highest BCUT2D eigenvalue weighted by Gasteiger charge is 2.07. The van der Waals surface area contributed by atoms with Gasteiger partial charge in [0.2, 0.25) is 0 Å². The zero-order valence-corrected chi connectivity index (χ0v) is 13.3. The number of para-hydroxylation sites is 1. The lowest BCUT2D eigenvalue weighted by Gasteiger charge is -2.09. The highest BCUT2D eigenvalue weighted by Crippen LogP contribution is 2.23. The van der Waals surface area contributed by atoms with Crippen LogP contribution >= 0.6 is 11.6 Å². The lowest BCUT2D eigenvalue weighted by molar-refractivity contribution is -0.134. The van der Waals surface area contributed by atoms with Crippen LogP contribution in [-0.2, 0) is 9.59 Å². The number of amides is 1. The van der Waals surface area contributed by atoms with Gasteiger partial charge in [-0.15, -0.1) is 0 Å².